The van der Waals surface area contributed by atoms with Crippen molar-refractivity contribution in [2.45, 2.75) is 17.1 Å². The predicted octanol–water partition coefficient (Wildman–Crippen LogP) is 1.94. The number of hydrogen-bond donors (Lipinski definition) is 0. The Kier molecular flexibility index (Phi) is 4.24. The molecule has 0 saturated carbocycles. The molecule has 0 radical (unpaired) electrons. The molecule has 1 atom stereocenters. The van der Waals surface area contributed by atoms with E-state index in [0.717, 1.165) is 30.8 Å². The molecular weight excluding hydrogens is 300 g/mol. The number of anilines is 1. The molecule has 1 aromatic rings. The van der Waals surface area contributed by atoms with E-state index in [0.29, 0.717) is 5.25 Å². The lowest BCUT2D eigenvalue weighted by Gasteiger charge is -2.32. The fourth-order valence-corrected chi connectivity index (χ4v) is 4.07. The Morgan fingerprint density at radius 2 is 2.15 bits per heavy atom. The number of nitro groups is 1. The molecule has 0 aliphatic carbocycles. The van der Waals surface area contributed by atoms with Crippen LogP contribution in [0, 0.1) is 10.1 Å². The average Bonchev–Trinajstić information content (AvgIpc) is 2.37. The third-order valence-electron chi connectivity index (χ3n) is 3.15. The van der Waals surface area contributed by atoms with Crippen molar-refractivity contribution in [2.75, 3.05) is 30.0 Å². The molecule has 0 N–H and O–H groups in total. The second-order valence-corrected chi connectivity index (χ2v) is 8.34. The van der Waals surface area contributed by atoms with Crippen LogP contribution in [0.2, 0.25) is 0 Å². The van der Waals surface area contributed by atoms with Crippen LogP contribution in [-0.2, 0) is 9.84 Å². The monoisotopic (exact) mass is 316 g/mol. The van der Waals surface area contributed by atoms with E-state index in [-0.39, 0.29) is 10.6 Å². The van der Waals surface area contributed by atoms with Crippen molar-refractivity contribution in [3.8, 4) is 0 Å². The van der Waals surface area contributed by atoms with Crippen LogP contribution in [0.25, 0.3) is 0 Å². The number of thioether (sulfide) groups is 1. The first-order valence-corrected chi connectivity index (χ1v) is 9.08. The topological polar surface area (TPSA) is 80.5 Å². The summed E-state index contributed by atoms with van der Waals surface area (Å²) in [5, 5.41) is 11.4. The number of benzene rings is 1. The van der Waals surface area contributed by atoms with Gasteiger partial charge in [-0.2, -0.15) is 11.8 Å². The molecular formula is C12H16N2O4S2. The van der Waals surface area contributed by atoms with Crippen molar-refractivity contribution in [1.82, 2.24) is 0 Å². The minimum atomic E-state index is -3.63. The number of nitrogens with zero attached hydrogens (tertiary/aromatic N) is 2. The summed E-state index contributed by atoms with van der Waals surface area (Å²) in [6, 6.07) is 4.31. The van der Waals surface area contributed by atoms with Crippen molar-refractivity contribution in [2.24, 2.45) is 0 Å². The van der Waals surface area contributed by atoms with E-state index in [1.54, 1.807) is 6.07 Å². The molecule has 6 nitrogen and oxygen atoms in total. The van der Waals surface area contributed by atoms with Crippen molar-refractivity contribution in [3.63, 3.8) is 0 Å². The van der Waals surface area contributed by atoms with Gasteiger partial charge in [-0.25, -0.2) is 8.42 Å². The van der Waals surface area contributed by atoms with E-state index in [1.807, 2.05) is 11.8 Å². The Balaban J connectivity index is 2.44. The van der Waals surface area contributed by atoms with Crippen LogP contribution in [0.1, 0.15) is 6.92 Å². The Hall–Kier alpha value is -1.28. The number of hydrogen-bond acceptors (Lipinski definition) is 6. The minimum absolute atomic E-state index is 0.217. The van der Waals surface area contributed by atoms with Crippen LogP contribution in [0.15, 0.2) is 23.1 Å². The zero-order valence-corrected chi connectivity index (χ0v) is 12.9. The molecule has 0 aromatic heterocycles. The molecule has 1 unspecified atom stereocenters. The highest BCUT2D eigenvalue weighted by Gasteiger charge is 2.25. The summed E-state index contributed by atoms with van der Waals surface area (Å²) in [6.45, 7) is 3.74. The third kappa shape index (κ3) is 3.24. The van der Waals surface area contributed by atoms with Crippen LogP contribution < -0.4 is 4.90 Å². The molecule has 1 aliphatic heterocycles. The highest BCUT2D eigenvalue weighted by molar-refractivity contribution is 8.00. The lowest BCUT2D eigenvalue weighted by molar-refractivity contribution is -0.387. The van der Waals surface area contributed by atoms with Gasteiger partial charge in [0.2, 0.25) is 0 Å². The van der Waals surface area contributed by atoms with Gasteiger partial charge in [0, 0.05) is 42.1 Å². The predicted molar refractivity (Wildman–Crippen MR) is 80.3 cm³/mol. The number of sulfone groups is 1. The lowest BCUT2D eigenvalue weighted by Crippen LogP contribution is -2.36. The molecule has 8 heteroatoms. The number of nitro benzene ring substituents is 1. The lowest BCUT2D eigenvalue weighted by atomic mass is 10.2. The van der Waals surface area contributed by atoms with Crippen molar-refractivity contribution in [3.05, 3.63) is 28.3 Å². The Morgan fingerprint density at radius 3 is 2.70 bits per heavy atom. The maximum absolute atomic E-state index is 11.7. The average molecular weight is 316 g/mol. The Morgan fingerprint density at radius 1 is 1.45 bits per heavy atom. The second-order valence-electron chi connectivity index (χ2n) is 4.81. The normalized spacial score (nSPS) is 19.9. The zero-order valence-electron chi connectivity index (χ0n) is 11.3. The third-order valence-corrected chi connectivity index (χ3v) is 5.41. The van der Waals surface area contributed by atoms with Crippen LogP contribution >= 0.6 is 11.8 Å². The number of rotatable bonds is 3. The van der Waals surface area contributed by atoms with E-state index < -0.39 is 14.8 Å². The second kappa shape index (κ2) is 5.61. The van der Waals surface area contributed by atoms with Crippen LogP contribution in [-0.4, -0.2) is 43.7 Å². The molecule has 1 fully saturated rings. The SMILES string of the molecule is CC1CN(c2ccc([N+](=O)[O-])c(S(C)(=O)=O)c2)CCS1. The van der Waals surface area contributed by atoms with E-state index in [1.165, 1.54) is 12.1 Å². The van der Waals surface area contributed by atoms with Crippen molar-refractivity contribution < 1.29 is 13.3 Å². The molecule has 20 heavy (non-hydrogen) atoms. The fraction of sp³-hybridized carbons (Fsp3) is 0.500. The first-order valence-electron chi connectivity index (χ1n) is 6.14. The van der Waals surface area contributed by atoms with Gasteiger partial charge in [0.15, 0.2) is 9.84 Å². The van der Waals surface area contributed by atoms with Crippen molar-refractivity contribution in [1.29, 1.82) is 0 Å². The molecule has 110 valence electrons. The van der Waals surface area contributed by atoms with Gasteiger partial charge in [0.05, 0.1) is 4.92 Å². The van der Waals surface area contributed by atoms with E-state index in [9.17, 15) is 18.5 Å². The quantitative estimate of drug-likeness (QED) is 0.626. The van der Waals surface area contributed by atoms with Crippen LogP contribution in [0.5, 0.6) is 0 Å². The maximum Gasteiger partial charge on any atom is 0.288 e. The minimum Gasteiger partial charge on any atom is -0.370 e. The van der Waals surface area contributed by atoms with Gasteiger partial charge in [0.1, 0.15) is 4.90 Å². The fourth-order valence-electron chi connectivity index (χ4n) is 2.20. The highest BCUT2D eigenvalue weighted by Crippen LogP contribution is 2.31. The molecule has 1 heterocycles. The molecule has 0 bridgehead atoms. The standard InChI is InChI=1S/C12H16N2O4S2/c1-9-8-13(5-6-19-9)10-3-4-11(14(15)16)12(7-10)20(2,17)18/h3-4,7,9H,5-6,8H2,1-2H3. The van der Waals surface area contributed by atoms with Gasteiger partial charge in [-0.15, -0.1) is 0 Å². The summed E-state index contributed by atoms with van der Waals surface area (Å²) >= 11 is 1.87. The van der Waals surface area contributed by atoms with Gasteiger partial charge in [-0.3, -0.25) is 10.1 Å². The van der Waals surface area contributed by atoms with E-state index >= 15 is 0 Å². The summed E-state index contributed by atoms with van der Waals surface area (Å²) in [6.07, 6.45) is 0.994. The highest BCUT2D eigenvalue weighted by atomic mass is 32.2. The van der Waals surface area contributed by atoms with Crippen molar-refractivity contribution >= 4 is 33.0 Å². The van der Waals surface area contributed by atoms with Crippen LogP contribution in [0.4, 0.5) is 11.4 Å². The Bertz CT molecular complexity index is 630. The maximum atomic E-state index is 11.7. The zero-order chi connectivity index (χ0) is 14.9. The Labute approximate surface area is 122 Å². The van der Waals surface area contributed by atoms with Crippen LogP contribution in [0.3, 0.4) is 0 Å². The van der Waals surface area contributed by atoms with Gasteiger partial charge in [-0.05, 0) is 12.1 Å². The largest absolute Gasteiger partial charge is 0.370 e. The van der Waals surface area contributed by atoms with Gasteiger partial charge < -0.3 is 4.90 Å². The smallest absolute Gasteiger partial charge is 0.288 e. The van der Waals surface area contributed by atoms with Gasteiger partial charge in [-0.1, -0.05) is 6.92 Å². The summed E-state index contributed by atoms with van der Waals surface area (Å²) in [5.74, 6) is 0.965. The summed E-state index contributed by atoms with van der Waals surface area (Å²) in [5.41, 5.74) is 0.360. The van der Waals surface area contributed by atoms with Gasteiger partial charge in [0.25, 0.3) is 5.69 Å². The first kappa shape index (κ1) is 15.1. The molecule has 1 aliphatic rings. The molecule has 2 rings (SSSR count). The van der Waals surface area contributed by atoms with E-state index in [2.05, 4.69) is 11.8 Å². The molecule has 1 aromatic carbocycles. The molecule has 1 saturated heterocycles. The van der Waals surface area contributed by atoms with Gasteiger partial charge >= 0.3 is 0 Å². The molecule has 0 spiro atoms. The van der Waals surface area contributed by atoms with E-state index in [4.69, 9.17) is 0 Å². The first-order chi connectivity index (χ1) is 9.29. The molecule has 0 amide bonds. The summed E-state index contributed by atoms with van der Waals surface area (Å²) in [4.78, 5) is 12.1. The summed E-state index contributed by atoms with van der Waals surface area (Å²) in [7, 11) is -3.63. The summed E-state index contributed by atoms with van der Waals surface area (Å²) < 4.78 is 23.5.